The number of aromatic nitrogens is 1. The van der Waals surface area contributed by atoms with Gasteiger partial charge in [0.15, 0.2) is 0 Å². The molecule has 0 atom stereocenters. The van der Waals surface area contributed by atoms with E-state index in [4.69, 9.17) is 0 Å². The number of H-pyrrole nitrogens is 1. The summed E-state index contributed by atoms with van der Waals surface area (Å²) >= 11 is 3.49. The number of aromatic amines is 1. The lowest BCUT2D eigenvalue weighted by atomic mass is 10.1. The Morgan fingerprint density at radius 2 is 2.21 bits per heavy atom. The van der Waals surface area contributed by atoms with Gasteiger partial charge in [0.2, 0.25) is 0 Å². The second-order valence-corrected chi connectivity index (χ2v) is 4.38. The van der Waals surface area contributed by atoms with Gasteiger partial charge in [-0.3, -0.25) is 0 Å². The van der Waals surface area contributed by atoms with Crippen molar-refractivity contribution >= 4 is 26.8 Å². The molecule has 14 heavy (non-hydrogen) atoms. The van der Waals surface area contributed by atoms with Gasteiger partial charge in [0.1, 0.15) is 0 Å². The molecule has 0 saturated heterocycles. The van der Waals surface area contributed by atoms with Crippen molar-refractivity contribution in [1.82, 2.24) is 4.98 Å². The van der Waals surface area contributed by atoms with E-state index in [1.165, 1.54) is 16.5 Å². The van der Waals surface area contributed by atoms with E-state index in [-0.39, 0.29) is 0 Å². The highest BCUT2D eigenvalue weighted by molar-refractivity contribution is 9.10. The molecule has 3 heteroatoms. The number of hydrogen-bond donors (Lipinski definition) is 2. The van der Waals surface area contributed by atoms with Crippen molar-refractivity contribution in [2.75, 3.05) is 6.54 Å². The van der Waals surface area contributed by atoms with Crippen molar-refractivity contribution in [2.45, 2.75) is 12.8 Å². The number of hydrogen-bond acceptors (Lipinski definition) is 0. The molecule has 0 aliphatic rings. The van der Waals surface area contributed by atoms with Gasteiger partial charge in [-0.25, -0.2) is 0 Å². The van der Waals surface area contributed by atoms with Crippen LogP contribution in [0.2, 0.25) is 0 Å². The number of fused-ring (bicyclic) bond motifs is 1. The molecule has 0 amide bonds. The van der Waals surface area contributed by atoms with E-state index in [0.717, 1.165) is 23.9 Å². The Morgan fingerprint density at radius 3 is 3.00 bits per heavy atom. The van der Waals surface area contributed by atoms with E-state index in [9.17, 15) is 0 Å². The molecule has 4 N–H and O–H groups in total. The van der Waals surface area contributed by atoms with Gasteiger partial charge in [-0.05, 0) is 30.2 Å². The molecular formula is C11H14BrN2+. The monoisotopic (exact) mass is 253 g/mol. The molecule has 2 rings (SSSR count). The van der Waals surface area contributed by atoms with Crippen LogP contribution < -0.4 is 5.73 Å². The highest BCUT2D eigenvalue weighted by Crippen LogP contribution is 2.23. The maximum absolute atomic E-state index is 3.86. The summed E-state index contributed by atoms with van der Waals surface area (Å²) in [5, 5.41) is 1.33. The van der Waals surface area contributed by atoms with Crippen molar-refractivity contribution in [3.05, 3.63) is 34.4 Å². The molecule has 0 saturated carbocycles. The van der Waals surface area contributed by atoms with Gasteiger partial charge in [0.25, 0.3) is 0 Å². The summed E-state index contributed by atoms with van der Waals surface area (Å²) < 4.78 is 1.14. The Labute approximate surface area is 91.6 Å². The number of quaternary nitrogens is 1. The van der Waals surface area contributed by atoms with Gasteiger partial charge >= 0.3 is 0 Å². The molecule has 0 aliphatic heterocycles. The molecule has 2 aromatic rings. The first kappa shape index (κ1) is 9.74. The van der Waals surface area contributed by atoms with E-state index in [2.05, 4.69) is 51.0 Å². The summed E-state index contributed by atoms with van der Waals surface area (Å²) in [7, 11) is 0. The first-order chi connectivity index (χ1) is 6.81. The Hall–Kier alpha value is -0.800. The van der Waals surface area contributed by atoms with Gasteiger partial charge in [-0.2, -0.15) is 0 Å². The van der Waals surface area contributed by atoms with Crippen molar-refractivity contribution in [1.29, 1.82) is 0 Å². The highest BCUT2D eigenvalue weighted by atomic mass is 79.9. The molecule has 0 aliphatic carbocycles. The molecule has 1 aromatic carbocycles. The zero-order valence-electron chi connectivity index (χ0n) is 8.02. The first-order valence-electron chi connectivity index (χ1n) is 4.86. The second-order valence-electron chi connectivity index (χ2n) is 3.46. The summed E-state index contributed by atoms with van der Waals surface area (Å²) in [6.45, 7) is 1.00. The average Bonchev–Trinajstić information content (AvgIpc) is 2.57. The third-order valence-corrected chi connectivity index (χ3v) is 2.92. The number of aryl methyl sites for hydroxylation is 1. The second kappa shape index (κ2) is 4.15. The summed E-state index contributed by atoms with van der Waals surface area (Å²) in [6, 6.07) is 6.33. The summed E-state index contributed by atoms with van der Waals surface area (Å²) in [4.78, 5) is 3.28. The number of nitrogens with one attached hydrogen (secondary N) is 1. The number of benzene rings is 1. The van der Waals surface area contributed by atoms with Gasteiger partial charge in [-0.15, -0.1) is 0 Å². The van der Waals surface area contributed by atoms with Gasteiger partial charge in [-0.1, -0.05) is 15.9 Å². The standard InChI is InChI=1S/C11H13BrN2/c12-9-3-4-11-10(6-9)8(7-14-11)2-1-5-13/h3-4,6-7,14H,1-2,5,13H2/p+1. The Morgan fingerprint density at radius 1 is 1.36 bits per heavy atom. The van der Waals surface area contributed by atoms with Crippen LogP contribution in [0.4, 0.5) is 0 Å². The Balaban J connectivity index is 2.40. The van der Waals surface area contributed by atoms with Crippen LogP contribution in [0.1, 0.15) is 12.0 Å². The molecule has 1 aromatic heterocycles. The van der Waals surface area contributed by atoms with Crippen molar-refractivity contribution in [2.24, 2.45) is 0 Å². The molecule has 1 heterocycles. The normalized spacial score (nSPS) is 11.0. The molecule has 0 bridgehead atoms. The largest absolute Gasteiger partial charge is 0.361 e. The molecule has 0 spiro atoms. The zero-order valence-corrected chi connectivity index (χ0v) is 9.60. The smallest absolute Gasteiger partial charge is 0.0743 e. The minimum Gasteiger partial charge on any atom is -0.361 e. The predicted molar refractivity (Wildman–Crippen MR) is 62.1 cm³/mol. The van der Waals surface area contributed by atoms with E-state index < -0.39 is 0 Å². The zero-order chi connectivity index (χ0) is 9.97. The third-order valence-electron chi connectivity index (χ3n) is 2.43. The maximum Gasteiger partial charge on any atom is 0.0743 e. The van der Waals surface area contributed by atoms with E-state index in [1.54, 1.807) is 0 Å². The van der Waals surface area contributed by atoms with Crippen molar-refractivity contribution < 1.29 is 5.73 Å². The molecular weight excluding hydrogens is 240 g/mol. The topological polar surface area (TPSA) is 43.4 Å². The van der Waals surface area contributed by atoms with Crippen LogP contribution in [0.25, 0.3) is 10.9 Å². The van der Waals surface area contributed by atoms with E-state index in [1.807, 2.05) is 0 Å². The average molecular weight is 254 g/mol. The van der Waals surface area contributed by atoms with E-state index >= 15 is 0 Å². The SMILES string of the molecule is [NH3+]CCCc1c[nH]c2ccc(Br)cc12. The molecule has 0 radical (unpaired) electrons. The lowest BCUT2D eigenvalue weighted by Gasteiger charge is -1.96. The van der Waals surface area contributed by atoms with E-state index in [0.29, 0.717) is 0 Å². The van der Waals surface area contributed by atoms with Crippen LogP contribution in [-0.4, -0.2) is 11.5 Å². The Kier molecular flexibility index (Phi) is 2.89. The summed E-state index contributed by atoms with van der Waals surface area (Å²) in [5.41, 5.74) is 6.47. The van der Waals surface area contributed by atoms with Crippen LogP contribution in [0, 0.1) is 0 Å². The Bertz CT molecular complexity index is 434. The third kappa shape index (κ3) is 1.83. The van der Waals surface area contributed by atoms with Gasteiger partial charge in [0.05, 0.1) is 6.54 Å². The van der Waals surface area contributed by atoms with Crippen LogP contribution in [0.15, 0.2) is 28.9 Å². The lowest BCUT2D eigenvalue weighted by molar-refractivity contribution is -0.368. The van der Waals surface area contributed by atoms with Crippen LogP contribution >= 0.6 is 15.9 Å². The fourth-order valence-electron chi connectivity index (χ4n) is 1.67. The van der Waals surface area contributed by atoms with Crippen molar-refractivity contribution in [3.8, 4) is 0 Å². The predicted octanol–water partition coefficient (Wildman–Crippen LogP) is 2.10. The molecule has 0 fully saturated rings. The van der Waals surface area contributed by atoms with Gasteiger partial charge < -0.3 is 10.7 Å². The summed E-state index contributed by atoms with van der Waals surface area (Å²) in [6.07, 6.45) is 4.37. The molecule has 74 valence electrons. The van der Waals surface area contributed by atoms with Crippen LogP contribution in [0.5, 0.6) is 0 Å². The van der Waals surface area contributed by atoms with Crippen LogP contribution in [0.3, 0.4) is 0 Å². The van der Waals surface area contributed by atoms with Crippen LogP contribution in [-0.2, 0) is 6.42 Å². The lowest BCUT2D eigenvalue weighted by Crippen LogP contribution is -2.50. The quantitative estimate of drug-likeness (QED) is 0.842. The number of rotatable bonds is 3. The fourth-order valence-corrected chi connectivity index (χ4v) is 2.03. The van der Waals surface area contributed by atoms with Crippen molar-refractivity contribution in [3.63, 3.8) is 0 Å². The fraction of sp³-hybridized carbons (Fsp3) is 0.273. The maximum atomic E-state index is 3.86. The number of halogens is 1. The molecule has 0 unspecified atom stereocenters. The van der Waals surface area contributed by atoms with Gasteiger partial charge in [0, 0.05) is 28.0 Å². The minimum absolute atomic E-state index is 1.00. The minimum atomic E-state index is 1.00. The highest BCUT2D eigenvalue weighted by Gasteiger charge is 2.03. The first-order valence-corrected chi connectivity index (χ1v) is 5.65. The summed E-state index contributed by atoms with van der Waals surface area (Å²) in [5.74, 6) is 0. The molecule has 2 nitrogen and oxygen atoms in total.